The summed E-state index contributed by atoms with van der Waals surface area (Å²) in [6.45, 7) is 0. The van der Waals surface area contributed by atoms with Crippen LogP contribution in [0.4, 0.5) is 0 Å². The van der Waals surface area contributed by atoms with Gasteiger partial charge in [-0.1, -0.05) is 6.42 Å². The van der Waals surface area contributed by atoms with Crippen molar-refractivity contribution < 1.29 is 9.90 Å². The van der Waals surface area contributed by atoms with Gasteiger partial charge in [-0.3, -0.25) is 4.79 Å². The third kappa shape index (κ3) is 0.475. The number of nitrogens with two attached hydrogens (primary N) is 1. The molecule has 2 saturated carbocycles. The topological polar surface area (TPSA) is 63.3 Å². The summed E-state index contributed by atoms with van der Waals surface area (Å²) in [5, 5.41) is 8.69. The molecule has 0 aromatic rings. The van der Waals surface area contributed by atoms with Crippen molar-refractivity contribution in [1.29, 1.82) is 0 Å². The fourth-order valence-electron chi connectivity index (χ4n) is 2.32. The zero-order valence-corrected chi connectivity index (χ0v) is 5.71. The highest BCUT2D eigenvalue weighted by Crippen LogP contribution is 2.58. The maximum Gasteiger partial charge on any atom is 0.324 e. The van der Waals surface area contributed by atoms with Gasteiger partial charge in [-0.05, 0) is 24.7 Å². The number of fused-ring (bicyclic) bond motifs is 1. The van der Waals surface area contributed by atoms with E-state index >= 15 is 0 Å². The molecule has 2 atom stereocenters. The van der Waals surface area contributed by atoms with E-state index in [9.17, 15) is 4.79 Å². The van der Waals surface area contributed by atoms with E-state index in [-0.39, 0.29) is 0 Å². The second-order valence-electron chi connectivity index (χ2n) is 3.38. The fraction of sp³-hybridized carbons (Fsp3) is 0.857. The van der Waals surface area contributed by atoms with Gasteiger partial charge in [-0.25, -0.2) is 0 Å². The highest BCUT2D eigenvalue weighted by atomic mass is 16.4. The van der Waals surface area contributed by atoms with E-state index in [4.69, 9.17) is 10.8 Å². The highest BCUT2D eigenvalue weighted by molar-refractivity contribution is 5.84. The lowest BCUT2D eigenvalue weighted by atomic mass is 10.1. The molecule has 2 unspecified atom stereocenters. The summed E-state index contributed by atoms with van der Waals surface area (Å²) in [4.78, 5) is 10.6. The predicted octanol–water partition coefficient (Wildman–Crippen LogP) is 0.198. The minimum atomic E-state index is -0.821. The summed E-state index contributed by atoms with van der Waals surface area (Å²) in [6, 6.07) is 0. The Bertz CT molecular complexity index is 180. The molecule has 2 rings (SSSR count). The van der Waals surface area contributed by atoms with Gasteiger partial charge in [0.15, 0.2) is 0 Å². The molecule has 0 amide bonds. The quantitative estimate of drug-likeness (QED) is 0.548. The molecule has 0 saturated heterocycles. The van der Waals surface area contributed by atoms with E-state index in [0.29, 0.717) is 11.8 Å². The summed E-state index contributed by atoms with van der Waals surface area (Å²) < 4.78 is 0. The van der Waals surface area contributed by atoms with E-state index < -0.39 is 11.5 Å². The van der Waals surface area contributed by atoms with Crippen LogP contribution in [0.5, 0.6) is 0 Å². The molecule has 0 aromatic heterocycles. The van der Waals surface area contributed by atoms with Crippen molar-refractivity contribution in [2.45, 2.75) is 24.8 Å². The van der Waals surface area contributed by atoms with Crippen molar-refractivity contribution in [3.63, 3.8) is 0 Å². The predicted molar refractivity (Wildman–Crippen MR) is 35.4 cm³/mol. The second-order valence-corrected chi connectivity index (χ2v) is 3.38. The molecule has 2 fully saturated rings. The van der Waals surface area contributed by atoms with Crippen LogP contribution in [0.15, 0.2) is 0 Å². The fourth-order valence-corrected chi connectivity index (χ4v) is 2.32. The second kappa shape index (κ2) is 1.53. The smallest absolute Gasteiger partial charge is 0.324 e. The maximum atomic E-state index is 10.6. The van der Waals surface area contributed by atoms with Gasteiger partial charge in [0.2, 0.25) is 0 Å². The van der Waals surface area contributed by atoms with Crippen LogP contribution in [0.25, 0.3) is 0 Å². The van der Waals surface area contributed by atoms with Crippen LogP contribution in [0.2, 0.25) is 0 Å². The van der Waals surface area contributed by atoms with Crippen LogP contribution in [-0.2, 0) is 4.79 Å². The van der Waals surface area contributed by atoms with Crippen molar-refractivity contribution in [1.82, 2.24) is 0 Å². The van der Waals surface area contributed by atoms with Crippen LogP contribution < -0.4 is 5.73 Å². The van der Waals surface area contributed by atoms with Crippen molar-refractivity contribution >= 4 is 5.97 Å². The lowest BCUT2D eigenvalue weighted by Gasteiger charge is -2.07. The van der Waals surface area contributed by atoms with Crippen LogP contribution in [0.3, 0.4) is 0 Å². The van der Waals surface area contributed by atoms with Gasteiger partial charge in [0, 0.05) is 0 Å². The normalized spacial score (nSPS) is 50.5. The number of hydrogen-bond donors (Lipinski definition) is 2. The van der Waals surface area contributed by atoms with Crippen LogP contribution in [-0.4, -0.2) is 16.6 Å². The van der Waals surface area contributed by atoms with Gasteiger partial charge in [0.05, 0.1) is 0 Å². The monoisotopic (exact) mass is 141 g/mol. The van der Waals surface area contributed by atoms with Crippen molar-refractivity contribution in [3.05, 3.63) is 0 Å². The number of hydrogen-bond acceptors (Lipinski definition) is 2. The van der Waals surface area contributed by atoms with Gasteiger partial charge in [-0.2, -0.15) is 0 Å². The average molecular weight is 141 g/mol. The molecule has 0 radical (unpaired) electrons. The first-order valence-corrected chi connectivity index (χ1v) is 3.69. The van der Waals surface area contributed by atoms with E-state index in [0.717, 1.165) is 12.8 Å². The molecule has 2 aliphatic rings. The number of carboxylic acids is 1. The third-order valence-corrected chi connectivity index (χ3v) is 3.00. The Balaban J connectivity index is 2.17. The molecular formula is C7H11NO2. The van der Waals surface area contributed by atoms with Crippen molar-refractivity contribution in [2.24, 2.45) is 17.6 Å². The van der Waals surface area contributed by atoms with Crippen LogP contribution in [0.1, 0.15) is 19.3 Å². The van der Waals surface area contributed by atoms with Gasteiger partial charge in [-0.15, -0.1) is 0 Å². The van der Waals surface area contributed by atoms with Crippen molar-refractivity contribution in [3.8, 4) is 0 Å². The lowest BCUT2D eigenvalue weighted by molar-refractivity contribution is -0.140. The van der Waals surface area contributed by atoms with E-state index in [1.165, 1.54) is 6.42 Å². The summed E-state index contributed by atoms with van der Waals surface area (Å²) in [7, 11) is 0. The van der Waals surface area contributed by atoms with Gasteiger partial charge >= 0.3 is 5.97 Å². The first-order chi connectivity index (χ1) is 4.67. The van der Waals surface area contributed by atoms with Gasteiger partial charge < -0.3 is 10.8 Å². The van der Waals surface area contributed by atoms with E-state index in [1.807, 2.05) is 0 Å². The van der Waals surface area contributed by atoms with Crippen molar-refractivity contribution in [2.75, 3.05) is 0 Å². The third-order valence-electron chi connectivity index (χ3n) is 3.00. The largest absolute Gasteiger partial charge is 0.480 e. The molecule has 56 valence electrons. The standard InChI is InChI=1S/C7H11NO2/c8-7(6(9)10)4-2-1-3-5(4)7/h4-5H,1-3,8H2,(H,9,10). The molecule has 0 heterocycles. The zero-order valence-electron chi connectivity index (χ0n) is 5.71. The van der Waals surface area contributed by atoms with Crippen LogP contribution in [0, 0.1) is 11.8 Å². The lowest BCUT2D eigenvalue weighted by Crippen LogP contribution is -2.37. The number of aliphatic carboxylic acids is 1. The highest BCUT2D eigenvalue weighted by Gasteiger charge is 2.68. The maximum absolute atomic E-state index is 10.6. The summed E-state index contributed by atoms with van der Waals surface area (Å²) in [6.07, 6.45) is 3.21. The molecule has 2 aliphatic carbocycles. The molecule has 3 heteroatoms. The Kier molecular flexibility index (Phi) is 0.944. The number of carbonyl (C=O) groups is 1. The molecule has 10 heavy (non-hydrogen) atoms. The molecule has 0 bridgehead atoms. The average Bonchev–Trinajstić information content (AvgIpc) is 2.28. The first kappa shape index (κ1) is 6.16. The summed E-state index contributed by atoms with van der Waals surface area (Å²) in [5.74, 6) is -0.211. The Morgan fingerprint density at radius 1 is 1.50 bits per heavy atom. The summed E-state index contributed by atoms with van der Waals surface area (Å²) >= 11 is 0. The summed E-state index contributed by atoms with van der Waals surface area (Å²) in [5.41, 5.74) is 4.82. The molecular weight excluding hydrogens is 130 g/mol. The Morgan fingerprint density at radius 2 is 2.00 bits per heavy atom. The molecule has 0 aliphatic heterocycles. The molecule has 0 spiro atoms. The molecule has 3 N–H and O–H groups in total. The number of rotatable bonds is 1. The minimum Gasteiger partial charge on any atom is -0.480 e. The molecule has 0 aromatic carbocycles. The Hall–Kier alpha value is -0.570. The minimum absolute atomic E-state index is 0.296. The molecule has 3 nitrogen and oxygen atoms in total. The van der Waals surface area contributed by atoms with E-state index in [2.05, 4.69) is 0 Å². The Morgan fingerprint density at radius 3 is 2.30 bits per heavy atom. The SMILES string of the molecule is NC1(C(=O)O)C2CCCC21. The zero-order chi connectivity index (χ0) is 7.35. The first-order valence-electron chi connectivity index (χ1n) is 3.69. The Labute approximate surface area is 59.2 Å². The van der Waals surface area contributed by atoms with Gasteiger partial charge in [0.25, 0.3) is 0 Å². The van der Waals surface area contributed by atoms with Crippen LogP contribution >= 0.6 is 0 Å². The van der Waals surface area contributed by atoms with E-state index in [1.54, 1.807) is 0 Å². The number of carboxylic acid groups (broad SMARTS) is 1. The van der Waals surface area contributed by atoms with Gasteiger partial charge in [0.1, 0.15) is 5.54 Å².